The second-order valence-electron chi connectivity index (χ2n) is 4.36. The second kappa shape index (κ2) is 6.61. The van der Waals surface area contributed by atoms with E-state index in [1.807, 2.05) is 0 Å². The number of aromatic nitrogens is 2. The number of rotatable bonds is 5. The topological polar surface area (TPSA) is 73.1 Å². The molecule has 0 radical (unpaired) electrons. The minimum Gasteiger partial charge on any atom is -0.389 e. The first-order valence-corrected chi connectivity index (χ1v) is 6.65. The average Bonchev–Trinajstić information content (AvgIpc) is 2.40. The summed E-state index contributed by atoms with van der Waals surface area (Å²) in [7, 11) is 0. The van der Waals surface area contributed by atoms with Crippen LogP contribution in [0, 0.1) is 0 Å². The number of thiocarbonyl (C=S) groups is 1. The zero-order valence-corrected chi connectivity index (χ0v) is 11.1. The smallest absolute Gasteiger partial charge is 0.158 e. The molecule has 18 heavy (non-hydrogen) atoms. The maximum absolute atomic E-state index is 5.67. The Morgan fingerprint density at radius 1 is 1.56 bits per heavy atom. The van der Waals surface area contributed by atoms with Crippen molar-refractivity contribution < 1.29 is 4.74 Å². The van der Waals surface area contributed by atoms with E-state index < -0.39 is 0 Å². The standard InChI is InChI=1S/C12H18N4OS/c13-11(18)10-5-7-15-16-12(10)14-6-4-9-3-1-2-8-17-9/h5,7,9H,1-4,6,8H2,(H2,13,18)(H,14,16). The van der Waals surface area contributed by atoms with Crippen LogP contribution < -0.4 is 11.1 Å². The summed E-state index contributed by atoms with van der Waals surface area (Å²) >= 11 is 4.97. The van der Waals surface area contributed by atoms with E-state index in [0.29, 0.717) is 16.9 Å². The lowest BCUT2D eigenvalue weighted by Gasteiger charge is -2.22. The Bertz CT molecular complexity index is 407. The van der Waals surface area contributed by atoms with Crippen molar-refractivity contribution >= 4 is 23.0 Å². The minimum absolute atomic E-state index is 0.335. The van der Waals surface area contributed by atoms with Gasteiger partial charge < -0.3 is 15.8 Å². The van der Waals surface area contributed by atoms with Gasteiger partial charge in [-0.2, -0.15) is 5.10 Å². The molecule has 0 aliphatic carbocycles. The van der Waals surface area contributed by atoms with Crippen molar-refractivity contribution in [3.05, 3.63) is 17.8 Å². The fraction of sp³-hybridized carbons (Fsp3) is 0.583. The molecule has 1 fully saturated rings. The van der Waals surface area contributed by atoms with E-state index in [-0.39, 0.29) is 0 Å². The third kappa shape index (κ3) is 3.61. The summed E-state index contributed by atoms with van der Waals surface area (Å²) in [5, 5.41) is 11.1. The SMILES string of the molecule is NC(=S)c1ccnnc1NCCC1CCCCO1. The van der Waals surface area contributed by atoms with Crippen molar-refractivity contribution in [2.75, 3.05) is 18.5 Å². The first-order valence-electron chi connectivity index (χ1n) is 6.24. The Morgan fingerprint density at radius 2 is 2.44 bits per heavy atom. The predicted octanol–water partition coefficient (Wildman–Crippen LogP) is 1.48. The van der Waals surface area contributed by atoms with Crippen LogP contribution in [0.2, 0.25) is 0 Å². The van der Waals surface area contributed by atoms with Crippen LogP contribution in [0.1, 0.15) is 31.2 Å². The number of nitrogens with zero attached hydrogens (tertiary/aromatic N) is 2. The number of hydrogen-bond donors (Lipinski definition) is 2. The molecule has 3 N–H and O–H groups in total. The molecule has 5 nitrogen and oxygen atoms in total. The third-order valence-electron chi connectivity index (χ3n) is 3.02. The molecule has 98 valence electrons. The van der Waals surface area contributed by atoms with Crippen molar-refractivity contribution in [2.24, 2.45) is 5.73 Å². The highest BCUT2D eigenvalue weighted by molar-refractivity contribution is 7.80. The van der Waals surface area contributed by atoms with Crippen molar-refractivity contribution in [1.29, 1.82) is 0 Å². The van der Waals surface area contributed by atoms with Crippen LogP contribution in [0.25, 0.3) is 0 Å². The summed E-state index contributed by atoms with van der Waals surface area (Å²) in [5.74, 6) is 0.654. The van der Waals surface area contributed by atoms with Crippen LogP contribution >= 0.6 is 12.2 Å². The molecule has 0 spiro atoms. The van der Waals surface area contributed by atoms with Crippen LogP contribution in [0.15, 0.2) is 12.3 Å². The molecular weight excluding hydrogens is 248 g/mol. The van der Waals surface area contributed by atoms with Crippen LogP contribution in [0.3, 0.4) is 0 Å². The summed E-state index contributed by atoms with van der Waals surface area (Å²) in [6.45, 7) is 1.67. The van der Waals surface area contributed by atoms with Gasteiger partial charge >= 0.3 is 0 Å². The number of anilines is 1. The van der Waals surface area contributed by atoms with Gasteiger partial charge in [0.25, 0.3) is 0 Å². The summed E-state index contributed by atoms with van der Waals surface area (Å²) in [6, 6.07) is 1.77. The quantitative estimate of drug-likeness (QED) is 0.787. The van der Waals surface area contributed by atoms with E-state index in [4.69, 9.17) is 22.7 Å². The number of nitrogens with one attached hydrogen (secondary N) is 1. The second-order valence-corrected chi connectivity index (χ2v) is 4.80. The fourth-order valence-electron chi connectivity index (χ4n) is 2.05. The summed E-state index contributed by atoms with van der Waals surface area (Å²) < 4.78 is 5.67. The van der Waals surface area contributed by atoms with E-state index in [1.54, 1.807) is 12.3 Å². The first kappa shape index (κ1) is 13.2. The lowest BCUT2D eigenvalue weighted by Crippen LogP contribution is -2.23. The Hall–Kier alpha value is -1.27. The van der Waals surface area contributed by atoms with Crippen LogP contribution in [-0.4, -0.2) is 34.4 Å². The van der Waals surface area contributed by atoms with Gasteiger partial charge in [-0.15, -0.1) is 5.10 Å². The molecule has 0 amide bonds. The van der Waals surface area contributed by atoms with Crippen molar-refractivity contribution in [3.8, 4) is 0 Å². The molecule has 1 unspecified atom stereocenters. The maximum Gasteiger partial charge on any atom is 0.158 e. The molecule has 1 saturated heterocycles. The number of nitrogens with two attached hydrogens (primary N) is 1. The van der Waals surface area contributed by atoms with Gasteiger partial charge in [-0.3, -0.25) is 0 Å². The van der Waals surface area contributed by atoms with E-state index in [1.165, 1.54) is 12.8 Å². The zero-order chi connectivity index (χ0) is 12.8. The molecule has 1 aromatic rings. The lowest BCUT2D eigenvalue weighted by molar-refractivity contribution is 0.0134. The molecule has 2 rings (SSSR count). The molecule has 0 saturated carbocycles. The van der Waals surface area contributed by atoms with Gasteiger partial charge in [-0.25, -0.2) is 0 Å². The Labute approximate surface area is 112 Å². The summed E-state index contributed by atoms with van der Waals surface area (Å²) in [4.78, 5) is 0.335. The van der Waals surface area contributed by atoms with Crippen LogP contribution in [0.5, 0.6) is 0 Å². The van der Waals surface area contributed by atoms with E-state index >= 15 is 0 Å². The van der Waals surface area contributed by atoms with Gasteiger partial charge in [-0.05, 0) is 31.7 Å². The Kier molecular flexibility index (Phi) is 4.83. The monoisotopic (exact) mass is 266 g/mol. The molecular formula is C12H18N4OS. The van der Waals surface area contributed by atoms with Crippen molar-refractivity contribution in [3.63, 3.8) is 0 Å². The Morgan fingerprint density at radius 3 is 3.17 bits per heavy atom. The van der Waals surface area contributed by atoms with Crippen molar-refractivity contribution in [2.45, 2.75) is 31.8 Å². The van der Waals surface area contributed by atoms with Gasteiger partial charge in [0.15, 0.2) is 5.82 Å². The molecule has 1 atom stereocenters. The first-order chi connectivity index (χ1) is 8.77. The molecule has 1 aliphatic heterocycles. The molecule has 1 aromatic heterocycles. The largest absolute Gasteiger partial charge is 0.389 e. The van der Waals surface area contributed by atoms with E-state index in [9.17, 15) is 0 Å². The van der Waals surface area contributed by atoms with Gasteiger partial charge in [0.05, 0.1) is 17.9 Å². The highest BCUT2D eigenvalue weighted by Crippen LogP contribution is 2.16. The van der Waals surface area contributed by atoms with Gasteiger partial charge in [0.2, 0.25) is 0 Å². The summed E-state index contributed by atoms with van der Waals surface area (Å²) in [5.41, 5.74) is 6.37. The third-order valence-corrected chi connectivity index (χ3v) is 3.24. The maximum atomic E-state index is 5.67. The van der Waals surface area contributed by atoms with Gasteiger partial charge in [0, 0.05) is 13.2 Å². The molecule has 0 aromatic carbocycles. The molecule has 2 heterocycles. The lowest BCUT2D eigenvalue weighted by atomic mass is 10.1. The number of hydrogen-bond acceptors (Lipinski definition) is 5. The zero-order valence-electron chi connectivity index (χ0n) is 10.3. The van der Waals surface area contributed by atoms with Crippen LogP contribution in [0.4, 0.5) is 5.82 Å². The number of ether oxygens (including phenoxy) is 1. The fourth-order valence-corrected chi connectivity index (χ4v) is 2.21. The average molecular weight is 266 g/mol. The summed E-state index contributed by atoms with van der Waals surface area (Å²) in [6.07, 6.45) is 6.49. The molecule has 6 heteroatoms. The Balaban J connectivity index is 1.84. The van der Waals surface area contributed by atoms with Crippen LogP contribution in [-0.2, 0) is 4.74 Å². The van der Waals surface area contributed by atoms with E-state index in [2.05, 4.69) is 15.5 Å². The highest BCUT2D eigenvalue weighted by atomic mass is 32.1. The molecule has 1 aliphatic rings. The van der Waals surface area contributed by atoms with Gasteiger partial charge in [-0.1, -0.05) is 12.2 Å². The van der Waals surface area contributed by atoms with Gasteiger partial charge in [0.1, 0.15) is 4.99 Å². The highest BCUT2D eigenvalue weighted by Gasteiger charge is 2.13. The predicted molar refractivity (Wildman–Crippen MR) is 74.6 cm³/mol. The molecule has 0 bridgehead atoms. The van der Waals surface area contributed by atoms with E-state index in [0.717, 1.165) is 31.6 Å². The normalized spacial score (nSPS) is 19.4. The minimum atomic E-state index is 0.335. The van der Waals surface area contributed by atoms with Crippen molar-refractivity contribution in [1.82, 2.24) is 10.2 Å².